The SMILES string of the molecule is CN(Cc1cc(O)cc(C(=O)O)c1O)c1cc(O)cc(S(=O)(=O)O)c1O. The molecule has 10 nitrogen and oxygen atoms in total. The number of phenols is 4. The number of carboxylic acids is 1. The predicted molar refractivity (Wildman–Crippen MR) is 88.4 cm³/mol. The lowest BCUT2D eigenvalue weighted by Gasteiger charge is -2.22. The molecule has 0 radical (unpaired) electrons. The van der Waals surface area contributed by atoms with E-state index in [9.17, 15) is 33.6 Å². The summed E-state index contributed by atoms with van der Waals surface area (Å²) < 4.78 is 31.7. The molecule has 140 valence electrons. The average molecular weight is 385 g/mol. The number of hydrogen-bond acceptors (Lipinski definition) is 8. The minimum atomic E-state index is -4.82. The van der Waals surface area contributed by atoms with E-state index < -0.39 is 49.5 Å². The fraction of sp³-hybridized carbons (Fsp3) is 0.133. The van der Waals surface area contributed by atoms with Crippen LogP contribution in [0.1, 0.15) is 15.9 Å². The van der Waals surface area contributed by atoms with E-state index in [1.54, 1.807) is 0 Å². The van der Waals surface area contributed by atoms with Gasteiger partial charge in [-0.25, -0.2) is 4.79 Å². The molecule has 0 atom stereocenters. The van der Waals surface area contributed by atoms with Crippen LogP contribution in [0.3, 0.4) is 0 Å². The molecule has 0 aliphatic carbocycles. The Labute approximate surface area is 147 Å². The maximum atomic E-state index is 11.3. The van der Waals surface area contributed by atoms with Gasteiger partial charge in [-0.2, -0.15) is 8.42 Å². The lowest BCUT2D eigenvalue weighted by atomic mass is 10.1. The summed E-state index contributed by atoms with van der Waals surface area (Å²) in [5.74, 6) is -3.95. The summed E-state index contributed by atoms with van der Waals surface area (Å²) >= 11 is 0. The maximum Gasteiger partial charge on any atom is 0.339 e. The van der Waals surface area contributed by atoms with Crippen molar-refractivity contribution in [3.63, 3.8) is 0 Å². The van der Waals surface area contributed by atoms with Crippen LogP contribution in [-0.4, -0.2) is 51.5 Å². The third-order valence-corrected chi connectivity index (χ3v) is 4.41. The van der Waals surface area contributed by atoms with Gasteiger partial charge in [-0.3, -0.25) is 4.55 Å². The van der Waals surface area contributed by atoms with Crippen molar-refractivity contribution >= 4 is 21.8 Å². The molecular weight excluding hydrogens is 370 g/mol. The molecule has 0 heterocycles. The Bertz CT molecular complexity index is 985. The van der Waals surface area contributed by atoms with Crippen LogP contribution >= 0.6 is 0 Å². The average Bonchev–Trinajstić information content (AvgIpc) is 2.50. The molecule has 2 rings (SSSR count). The highest BCUT2D eigenvalue weighted by Gasteiger charge is 2.23. The van der Waals surface area contributed by atoms with Crippen LogP contribution in [0.4, 0.5) is 5.69 Å². The smallest absolute Gasteiger partial charge is 0.339 e. The second-order valence-corrected chi connectivity index (χ2v) is 6.84. The standard InChI is InChI=1S/C15H15NO9S/c1-16(6-7-2-8(17)3-10(13(7)19)15(21)22)11-4-9(18)5-12(14(11)20)26(23,24)25/h2-5,17-20H,6H2,1H3,(H,21,22)(H,23,24,25). The van der Waals surface area contributed by atoms with Crippen LogP contribution in [-0.2, 0) is 16.7 Å². The first kappa shape index (κ1) is 19.1. The van der Waals surface area contributed by atoms with Gasteiger partial charge in [-0.05, 0) is 12.1 Å². The summed E-state index contributed by atoms with van der Waals surface area (Å²) in [6, 6.07) is 3.59. The fourth-order valence-corrected chi connectivity index (χ4v) is 2.99. The number of aromatic carboxylic acids is 1. The molecule has 0 fully saturated rings. The van der Waals surface area contributed by atoms with E-state index in [0.717, 1.165) is 18.2 Å². The minimum Gasteiger partial charge on any atom is -0.508 e. The van der Waals surface area contributed by atoms with Crippen molar-refractivity contribution in [3.8, 4) is 23.0 Å². The number of anilines is 1. The van der Waals surface area contributed by atoms with Crippen molar-refractivity contribution in [3.05, 3.63) is 35.4 Å². The number of hydrogen-bond donors (Lipinski definition) is 6. The first-order valence-corrected chi connectivity index (χ1v) is 8.38. The van der Waals surface area contributed by atoms with Crippen LogP contribution in [0.15, 0.2) is 29.2 Å². The summed E-state index contributed by atoms with van der Waals surface area (Å²) in [5, 5.41) is 48.3. The quantitative estimate of drug-likeness (QED) is 0.323. The van der Waals surface area contributed by atoms with Crippen LogP contribution < -0.4 is 4.90 Å². The second-order valence-electron chi connectivity index (χ2n) is 5.45. The molecule has 0 bridgehead atoms. The Hall–Kier alpha value is -3.18. The Morgan fingerprint density at radius 3 is 2.12 bits per heavy atom. The topological polar surface area (TPSA) is 176 Å². The molecule has 0 aliphatic rings. The van der Waals surface area contributed by atoms with E-state index in [1.165, 1.54) is 11.9 Å². The van der Waals surface area contributed by atoms with Gasteiger partial charge in [0.1, 0.15) is 27.7 Å². The monoisotopic (exact) mass is 385 g/mol. The molecule has 0 saturated heterocycles. The van der Waals surface area contributed by atoms with Crippen molar-refractivity contribution in [2.75, 3.05) is 11.9 Å². The molecule has 0 saturated carbocycles. The van der Waals surface area contributed by atoms with Gasteiger partial charge >= 0.3 is 5.97 Å². The predicted octanol–water partition coefficient (Wildman–Crippen LogP) is 1.09. The Morgan fingerprint density at radius 2 is 1.58 bits per heavy atom. The van der Waals surface area contributed by atoms with Crippen molar-refractivity contribution in [2.24, 2.45) is 0 Å². The Kier molecular flexibility index (Phi) is 4.87. The molecule has 2 aromatic rings. The molecule has 6 N–H and O–H groups in total. The zero-order chi connectivity index (χ0) is 19.8. The molecule has 11 heteroatoms. The van der Waals surface area contributed by atoms with Gasteiger partial charge in [0.25, 0.3) is 10.1 Å². The summed E-state index contributed by atoms with van der Waals surface area (Å²) in [6.07, 6.45) is 0. The second kappa shape index (κ2) is 6.61. The van der Waals surface area contributed by atoms with Gasteiger partial charge in [0.05, 0.1) is 5.69 Å². The molecule has 0 amide bonds. The third-order valence-electron chi connectivity index (χ3n) is 3.54. The molecule has 0 unspecified atom stereocenters. The van der Waals surface area contributed by atoms with E-state index >= 15 is 0 Å². The summed E-state index contributed by atoms with van der Waals surface area (Å²) in [4.78, 5) is 11.3. The van der Waals surface area contributed by atoms with Gasteiger partial charge < -0.3 is 30.4 Å². The van der Waals surface area contributed by atoms with Crippen molar-refractivity contribution in [1.82, 2.24) is 0 Å². The number of benzene rings is 2. The van der Waals surface area contributed by atoms with Crippen molar-refractivity contribution < 1.29 is 43.3 Å². The molecule has 2 aromatic carbocycles. The van der Waals surface area contributed by atoms with Crippen LogP contribution in [0.2, 0.25) is 0 Å². The molecule has 26 heavy (non-hydrogen) atoms. The highest BCUT2D eigenvalue weighted by Crippen LogP contribution is 2.38. The summed E-state index contributed by atoms with van der Waals surface area (Å²) in [5.41, 5.74) is -0.814. The molecular formula is C15H15NO9S. The Balaban J connectivity index is 2.51. The first-order chi connectivity index (χ1) is 11.9. The van der Waals surface area contributed by atoms with Gasteiger partial charge in [-0.1, -0.05) is 0 Å². The van der Waals surface area contributed by atoms with Crippen LogP contribution in [0.5, 0.6) is 23.0 Å². The number of phenolic OH excluding ortho intramolecular Hbond substituents is 3. The van der Waals surface area contributed by atoms with Gasteiger partial charge in [-0.15, -0.1) is 0 Å². The third kappa shape index (κ3) is 3.73. The van der Waals surface area contributed by atoms with Crippen molar-refractivity contribution in [2.45, 2.75) is 11.4 Å². The number of nitrogens with zero attached hydrogens (tertiary/aromatic N) is 1. The minimum absolute atomic E-state index is 0.0407. The normalized spacial score (nSPS) is 11.3. The van der Waals surface area contributed by atoms with E-state index in [-0.39, 0.29) is 17.8 Å². The molecule has 0 aromatic heterocycles. The van der Waals surface area contributed by atoms with Gasteiger partial charge in [0, 0.05) is 31.3 Å². The maximum absolute atomic E-state index is 11.3. The van der Waals surface area contributed by atoms with Crippen LogP contribution in [0.25, 0.3) is 0 Å². The number of carboxylic acid groups (broad SMARTS) is 1. The van der Waals surface area contributed by atoms with E-state index in [4.69, 9.17) is 9.66 Å². The zero-order valence-electron chi connectivity index (χ0n) is 13.3. The zero-order valence-corrected chi connectivity index (χ0v) is 14.1. The number of aromatic hydroxyl groups is 4. The van der Waals surface area contributed by atoms with Crippen LogP contribution in [0, 0.1) is 0 Å². The first-order valence-electron chi connectivity index (χ1n) is 6.94. The largest absolute Gasteiger partial charge is 0.508 e. The van der Waals surface area contributed by atoms with Gasteiger partial charge in [0.2, 0.25) is 0 Å². The lowest BCUT2D eigenvalue weighted by Crippen LogP contribution is -2.18. The molecule has 0 aliphatic heterocycles. The molecule has 0 spiro atoms. The van der Waals surface area contributed by atoms with E-state index in [2.05, 4.69) is 0 Å². The lowest BCUT2D eigenvalue weighted by molar-refractivity contribution is 0.0693. The van der Waals surface area contributed by atoms with Gasteiger partial charge in [0.15, 0.2) is 5.75 Å². The van der Waals surface area contributed by atoms with Crippen molar-refractivity contribution in [1.29, 1.82) is 0 Å². The van der Waals surface area contributed by atoms with E-state index in [1.807, 2.05) is 0 Å². The number of rotatable bonds is 5. The fourth-order valence-electron chi connectivity index (χ4n) is 2.37. The summed E-state index contributed by atoms with van der Waals surface area (Å²) in [6.45, 7) is -0.275. The highest BCUT2D eigenvalue weighted by molar-refractivity contribution is 7.86. The Morgan fingerprint density at radius 1 is 1.00 bits per heavy atom. The number of carbonyl (C=O) groups is 1. The van der Waals surface area contributed by atoms with E-state index in [0.29, 0.717) is 6.07 Å². The highest BCUT2D eigenvalue weighted by atomic mass is 32.2. The summed E-state index contributed by atoms with van der Waals surface area (Å²) in [7, 11) is -3.48.